The van der Waals surface area contributed by atoms with Gasteiger partial charge in [-0.25, -0.2) is 0 Å². The minimum Gasteiger partial charge on any atom is -0.345 e. The van der Waals surface area contributed by atoms with Gasteiger partial charge in [0.05, 0.1) is 15.0 Å². The maximum absolute atomic E-state index is 3.75. The highest BCUT2D eigenvalue weighted by Crippen LogP contribution is 2.47. The average Bonchev–Trinajstić information content (AvgIpc) is 1.59. The van der Waals surface area contributed by atoms with Crippen molar-refractivity contribution in [1.29, 1.82) is 0 Å². The van der Waals surface area contributed by atoms with Crippen LogP contribution in [0.3, 0.4) is 0 Å². The summed E-state index contributed by atoms with van der Waals surface area (Å²) in [7, 11) is 8.51. The van der Waals surface area contributed by atoms with E-state index in [1.807, 2.05) is 92.3 Å². The van der Waals surface area contributed by atoms with Gasteiger partial charge in [0, 0.05) is 111 Å². The molecular weight excluding hydrogens is 1380 g/mol. The molecule has 0 atom stereocenters. The Balaban J connectivity index is 0.000000114. The van der Waals surface area contributed by atoms with Gasteiger partial charge in [0.15, 0.2) is 0 Å². The molecule has 18 rings (SSSR count). The van der Waals surface area contributed by atoms with Gasteiger partial charge in [-0.1, -0.05) is 249 Å². The van der Waals surface area contributed by atoms with E-state index in [1.165, 1.54) is 147 Å². The third-order valence-corrected chi connectivity index (χ3v) is 26.0. The number of anilines is 8. The highest BCUT2D eigenvalue weighted by molar-refractivity contribution is 7.27. The van der Waals surface area contributed by atoms with Crippen molar-refractivity contribution in [2.45, 2.75) is 0 Å². The smallest absolute Gasteiger partial charge is 0.0957 e. The molecule has 0 aliphatic heterocycles. The number of thiophene rings is 6. The van der Waals surface area contributed by atoms with E-state index in [4.69, 9.17) is 0 Å². The monoisotopic (exact) mass is 1450 g/mol. The van der Waals surface area contributed by atoms with Crippen LogP contribution in [0.1, 0.15) is 5.56 Å². The molecule has 0 aliphatic carbocycles. The van der Waals surface area contributed by atoms with Crippen LogP contribution in [0.2, 0.25) is 0 Å². The van der Waals surface area contributed by atoms with E-state index >= 15 is 0 Å². The fourth-order valence-electron chi connectivity index (χ4n) is 12.9. The summed E-state index contributed by atoms with van der Waals surface area (Å²) < 4.78 is 0. The predicted molar refractivity (Wildman–Crippen MR) is 464 cm³/mol. The minimum atomic E-state index is 1.14. The molecule has 0 spiro atoms. The first-order valence-corrected chi connectivity index (χ1v) is 39.4. The van der Waals surface area contributed by atoms with Crippen molar-refractivity contribution in [3.63, 3.8) is 0 Å². The lowest BCUT2D eigenvalue weighted by atomic mass is 10.0. The zero-order valence-corrected chi connectivity index (χ0v) is 63.0. The Labute approximate surface area is 633 Å². The minimum absolute atomic E-state index is 1.14. The van der Waals surface area contributed by atoms with Crippen LogP contribution in [0.25, 0.3) is 110 Å². The van der Waals surface area contributed by atoms with Crippen LogP contribution in [0.4, 0.5) is 43.4 Å². The fraction of sp³-hybridized carbons (Fsp3) is 0.0426. The lowest BCUT2D eigenvalue weighted by Crippen LogP contribution is -2.08. The third kappa shape index (κ3) is 15.3. The highest BCUT2D eigenvalue weighted by Gasteiger charge is 2.18. The van der Waals surface area contributed by atoms with Crippen molar-refractivity contribution in [1.82, 2.24) is 0 Å². The molecule has 0 aliphatic rings. The Morgan fingerprint density at radius 2 is 0.519 bits per heavy atom. The lowest BCUT2D eigenvalue weighted by molar-refractivity contribution is 1.21. The molecule has 0 fully saturated rings. The van der Waals surface area contributed by atoms with E-state index in [0.29, 0.717) is 0 Å². The van der Waals surface area contributed by atoms with Crippen molar-refractivity contribution in [2.75, 3.05) is 47.8 Å². The number of para-hydroxylation sites is 2. The van der Waals surface area contributed by atoms with Gasteiger partial charge in [-0.2, -0.15) is 0 Å². The van der Waals surface area contributed by atoms with Gasteiger partial charge < -0.3 is 19.6 Å². The second-order valence-electron chi connectivity index (χ2n) is 25.0. The first-order valence-electron chi connectivity index (χ1n) is 34.5. The van der Waals surface area contributed by atoms with Crippen LogP contribution in [0.15, 0.2) is 364 Å². The first kappa shape index (κ1) is 68.6. The van der Waals surface area contributed by atoms with E-state index < -0.39 is 0 Å². The summed E-state index contributed by atoms with van der Waals surface area (Å²) in [5.74, 6) is 0. The number of fused-ring (bicyclic) bond motifs is 4. The average molecular weight is 1450 g/mol. The van der Waals surface area contributed by atoms with Crippen LogP contribution in [-0.2, 0) is 0 Å². The van der Waals surface area contributed by atoms with Crippen LogP contribution in [0, 0.1) is 0 Å². The van der Waals surface area contributed by atoms with Gasteiger partial charge in [0.2, 0.25) is 0 Å². The van der Waals surface area contributed by atoms with Gasteiger partial charge in [0.25, 0.3) is 0 Å². The lowest BCUT2D eigenvalue weighted by Gasteiger charge is -2.19. The van der Waals surface area contributed by atoms with Crippen LogP contribution in [0.5, 0.6) is 0 Å². The first-order chi connectivity index (χ1) is 51.2. The SMILES string of the molecule is C=Cc1ccc(N(C)c2ccccc2)cc1.CN(c1ccc(-c2ccc(-c3cccc4ccccc34)s2)s1)c1cccc2ccccc12.CN(c1ccc(-c2ccc(-c3ccccc3)s2)s1)c1cccc2ccccc12.CN(c1ccccc1)c1ccc(-c2ccc(-c3cccc4ccccc34)s2)s1. The molecule has 0 saturated carbocycles. The molecule has 0 bridgehead atoms. The topological polar surface area (TPSA) is 13.0 Å². The molecule has 6 aromatic heterocycles. The molecule has 18 aromatic rings. The molecule has 0 saturated heterocycles. The molecule has 0 amide bonds. The van der Waals surface area contributed by atoms with E-state index in [2.05, 4.69) is 394 Å². The summed E-state index contributed by atoms with van der Waals surface area (Å²) in [6.07, 6.45) is 1.85. The van der Waals surface area contributed by atoms with Crippen molar-refractivity contribution in [3.05, 3.63) is 370 Å². The summed E-state index contributed by atoms with van der Waals surface area (Å²) in [4.78, 5) is 20.8. The van der Waals surface area contributed by atoms with Gasteiger partial charge in [0.1, 0.15) is 0 Å². The van der Waals surface area contributed by atoms with Gasteiger partial charge in [-0.3, -0.25) is 0 Å². The largest absolute Gasteiger partial charge is 0.345 e. The molecule has 104 heavy (non-hydrogen) atoms. The predicted octanol–water partition coefficient (Wildman–Crippen LogP) is 29.4. The maximum atomic E-state index is 3.75. The Bertz CT molecular complexity index is 5860. The standard InChI is InChI=1S/C29H21NS2.2C25H19NS2.C15H15N/c1-30(25-15-7-11-21-9-3-5-13-23(21)25)29-19-18-28(32-29)27-17-16-26(31-27)24-14-6-10-20-8-2-4-12-22(20)24;1-26(19-10-3-2-4-11-19)25-17-16-24(28-25)23-15-14-22(27-23)21-13-7-9-18-8-5-6-12-20(18)21;1-26(21-13-7-11-18-8-5-6-12-20(18)21)25-17-16-24(28-25)23-15-14-22(27-23)19-9-3-2-4-10-19;1-3-13-9-11-15(12-10-13)16(2)14-7-5-4-6-8-14/h2-19H,1H3;2*2-17H,1H3;3-12H,1H2,2H3. The molecule has 12 aromatic carbocycles. The Morgan fingerprint density at radius 3 is 0.952 bits per heavy atom. The molecule has 6 heterocycles. The van der Waals surface area contributed by atoms with Gasteiger partial charge in [-0.15, -0.1) is 68.0 Å². The van der Waals surface area contributed by atoms with Crippen LogP contribution >= 0.6 is 68.0 Å². The number of rotatable bonds is 15. The number of benzene rings is 12. The fourth-order valence-corrected chi connectivity index (χ4v) is 19.2. The number of hydrogen-bond donors (Lipinski definition) is 0. The summed E-state index contributed by atoms with van der Waals surface area (Å²) in [5.41, 5.74) is 11.1. The Hall–Kier alpha value is -11.2. The number of hydrogen-bond acceptors (Lipinski definition) is 10. The Kier molecular flexibility index (Phi) is 21.1. The molecule has 0 unspecified atom stereocenters. The summed E-state index contributed by atoms with van der Waals surface area (Å²) in [6.45, 7) is 3.75. The van der Waals surface area contributed by atoms with Crippen molar-refractivity contribution >= 4 is 161 Å². The third-order valence-electron chi connectivity index (χ3n) is 18.5. The highest BCUT2D eigenvalue weighted by atomic mass is 32.1. The maximum Gasteiger partial charge on any atom is 0.0957 e. The van der Waals surface area contributed by atoms with E-state index in [0.717, 1.165) is 5.56 Å². The van der Waals surface area contributed by atoms with Gasteiger partial charge >= 0.3 is 0 Å². The number of nitrogens with zero attached hydrogens (tertiary/aromatic N) is 4. The van der Waals surface area contributed by atoms with E-state index in [9.17, 15) is 0 Å². The molecular formula is C94H74N4S6. The van der Waals surface area contributed by atoms with Crippen LogP contribution in [-0.4, -0.2) is 28.2 Å². The van der Waals surface area contributed by atoms with E-state index in [-0.39, 0.29) is 0 Å². The summed E-state index contributed by atoms with van der Waals surface area (Å²) in [6, 6.07) is 127. The molecule has 0 N–H and O–H groups in total. The second kappa shape index (κ2) is 32.0. The zero-order chi connectivity index (χ0) is 70.7. The Morgan fingerprint density at radius 1 is 0.221 bits per heavy atom. The summed E-state index contributed by atoms with van der Waals surface area (Å²) >= 11 is 11.1. The van der Waals surface area contributed by atoms with Crippen molar-refractivity contribution < 1.29 is 0 Å². The molecule has 4 nitrogen and oxygen atoms in total. The van der Waals surface area contributed by atoms with Crippen LogP contribution < -0.4 is 19.6 Å². The molecule has 0 radical (unpaired) electrons. The van der Waals surface area contributed by atoms with Crippen molar-refractivity contribution in [3.8, 4) is 60.6 Å². The normalized spacial score (nSPS) is 10.9. The van der Waals surface area contributed by atoms with Gasteiger partial charge in [-0.05, 0) is 176 Å². The molecule has 506 valence electrons. The quantitative estimate of drug-likeness (QED) is 0.101. The summed E-state index contributed by atoms with van der Waals surface area (Å²) in [5, 5.41) is 14.1. The zero-order valence-electron chi connectivity index (χ0n) is 58.1. The van der Waals surface area contributed by atoms with E-state index in [1.54, 1.807) is 0 Å². The van der Waals surface area contributed by atoms with Crippen molar-refractivity contribution in [2.24, 2.45) is 0 Å². The molecule has 10 heteroatoms. The second-order valence-corrected chi connectivity index (χ2v) is 31.5.